The summed E-state index contributed by atoms with van der Waals surface area (Å²) in [4.78, 5) is 4.39. The van der Waals surface area contributed by atoms with E-state index in [0.29, 0.717) is 0 Å². The highest BCUT2D eigenvalue weighted by Gasteiger charge is 2.14. The van der Waals surface area contributed by atoms with Crippen molar-refractivity contribution in [3.8, 4) is 5.75 Å². The van der Waals surface area contributed by atoms with Gasteiger partial charge in [-0.15, -0.1) is 10.2 Å². The van der Waals surface area contributed by atoms with Crippen molar-refractivity contribution >= 4 is 39.8 Å². The maximum absolute atomic E-state index is 5.37. The Morgan fingerprint density at radius 3 is 2.78 bits per heavy atom. The van der Waals surface area contributed by atoms with E-state index in [1.807, 2.05) is 29.5 Å². The van der Waals surface area contributed by atoms with Crippen LogP contribution in [0.5, 0.6) is 5.75 Å². The van der Waals surface area contributed by atoms with Gasteiger partial charge in [0, 0.05) is 11.5 Å². The van der Waals surface area contributed by atoms with Crippen molar-refractivity contribution in [3.05, 3.63) is 35.7 Å². The number of methoxy groups -OCH3 is 1. The fourth-order valence-electron chi connectivity index (χ4n) is 2.49. The van der Waals surface area contributed by atoms with Crippen LogP contribution in [0.2, 0.25) is 0 Å². The Balaban J connectivity index is 1.96. The molecule has 0 spiro atoms. The van der Waals surface area contributed by atoms with E-state index in [-0.39, 0.29) is 0 Å². The predicted molar refractivity (Wildman–Crippen MR) is 90.6 cm³/mol. The van der Waals surface area contributed by atoms with E-state index in [1.165, 1.54) is 23.3 Å². The zero-order valence-electron chi connectivity index (χ0n) is 12.8. The highest BCUT2D eigenvalue weighted by atomic mass is 32.2. The minimum atomic E-state index is 0.772. The highest BCUT2D eigenvalue weighted by Crippen LogP contribution is 2.32. The summed E-state index contributed by atoms with van der Waals surface area (Å²) in [6.07, 6.45) is 0. The van der Waals surface area contributed by atoms with Crippen LogP contribution in [0.1, 0.15) is 11.4 Å². The summed E-state index contributed by atoms with van der Waals surface area (Å²) in [5.74, 6) is 1.58. The molecule has 0 atom stereocenters. The molecule has 0 aliphatic rings. The standard InChI is InChI=1S/C15H13N5OS2/c1-8-6-13-17-18-14(22-15-16-9(2)19-23-15)20(13)12-7-10(21-3)4-5-11(8)12/h4-7H,1-3H3. The molecule has 0 saturated heterocycles. The van der Waals surface area contributed by atoms with Crippen molar-refractivity contribution in [2.45, 2.75) is 23.3 Å². The maximum atomic E-state index is 5.37. The summed E-state index contributed by atoms with van der Waals surface area (Å²) in [6.45, 7) is 3.95. The van der Waals surface area contributed by atoms with Gasteiger partial charge in [-0.2, -0.15) is 4.37 Å². The number of nitrogens with zero attached hydrogens (tertiary/aromatic N) is 5. The van der Waals surface area contributed by atoms with E-state index in [1.54, 1.807) is 7.11 Å². The van der Waals surface area contributed by atoms with E-state index in [4.69, 9.17) is 4.74 Å². The number of fused-ring (bicyclic) bond motifs is 3. The van der Waals surface area contributed by atoms with Gasteiger partial charge in [0.05, 0.1) is 12.6 Å². The molecule has 0 aliphatic carbocycles. The van der Waals surface area contributed by atoms with Gasteiger partial charge in [0.15, 0.2) is 9.99 Å². The van der Waals surface area contributed by atoms with E-state index < -0.39 is 0 Å². The highest BCUT2D eigenvalue weighted by molar-refractivity contribution is 8.00. The molecule has 6 nitrogen and oxygen atoms in total. The van der Waals surface area contributed by atoms with Crippen LogP contribution in [-0.4, -0.2) is 31.1 Å². The van der Waals surface area contributed by atoms with Gasteiger partial charge >= 0.3 is 0 Å². The molecule has 3 heterocycles. The fourth-order valence-corrected chi connectivity index (χ4v) is 4.10. The molecule has 0 amide bonds. The molecule has 23 heavy (non-hydrogen) atoms. The minimum Gasteiger partial charge on any atom is -0.497 e. The molecule has 0 bridgehead atoms. The Bertz CT molecular complexity index is 1020. The van der Waals surface area contributed by atoms with Gasteiger partial charge in [-0.1, -0.05) is 0 Å². The molecule has 0 aliphatic heterocycles. The van der Waals surface area contributed by atoms with Gasteiger partial charge in [-0.05, 0) is 60.9 Å². The van der Waals surface area contributed by atoms with Crippen LogP contribution in [-0.2, 0) is 0 Å². The second kappa shape index (κ2) is 5.47. The normalized spacial score (nSPS) is 11.4. The van der Waals surface area contributed by atoms with Gasteiger partial charge in [-0.25, -0.2) is 4.98 Å². The Hall–Kier alpha value is -2.19. The number of rotatable bonds is 3. The molecule has 4 aromatic rings. The SMILES string of the molecule is COc1ccc2c(C)cc3nnc(Sc4nc(C)ns4)n3c2c1. The lowest BCUT2D eigenvalue weighted by molar-refractivity contribution is 0.415. The molecule has 0 N–H and O–H groups in total. The molecule has 1 aromatic carbocycles. The van der Waals surface area contributed by atoms with Crippen LogP contribution in [0.15, 0.2) is 33.8 Å². The first-order valence-electron chi connectivity index (χ1n) is 6.96. The number of aromatic nitrogens is 5. The first-order valence-corrected chi connectivity index (χ1v) is 8.55. The second-order valence-electron chi connectivity index (χ2n) is 5.10. The van der Waals surface area contributed by atoms with Crippen LogP contribution < -0.4 is 4.74 Å². The number of hydrogen-bond donors (Lipinski definition) is 0. The lowest BCUT2D eigenvalue weighted by Gasteiger charge is -2.08. The molecule has 4 rings (SSSR count). The molecule has 8 heteroatoms. The van der Waals surface area contributed by atoms with Gasteiger partial charge in [-0.3, -0.25) is 4.40 Å². The lowest BCUT2D eigenvalue weighted by atomic mass is 10.1. The average molecular weight is 343 g/mol. The first-order chi connectivity index (χ1) is 11.2. The quantitative estimate of drug-likeness (QED) is 0.567. The topological polar surface area (TPSA) is 65.2 Å². The summed E-state index contributed by atoms with van der Waals surface area (Å²) in [7, 11) is 1.67. The van der Waals surface area contributed by atoms with Crippen molar-refractivity contribution in [2.75, 3.05) is 7.11 Å². The minimum absolute atomic E-state index is 0.772. The van der Waals surface area contributed by atoms with E-state index in [9.17, 15) is 0 Å². The summed E-state index contributed by atoms with van der Waals surface area (Å²) in [6, 6.07) is 8.07. The molecular weight excluding hydrogens is 330 g/mol. The summed E-state index contributed by atoms with van der Waals surface area (Å²) >= 11 is 2.84. The Labute approximate surface area is 140 Å². The second-order valence-corrected chi connectivity index (χ2v) is 7.06. The largest absolute Gasteiger partial charge is 0.497 e. The summed E-state index contributed by atoms with van der Waals surface area (Å²) < 4.78 is 12.5. The van der Waals surface area contributed by atoms with E-state index in [2.05, 4.69) is 32.5 Å². The Kier molecular flexibility index (Phi) is 3.42. The fraction of sp³-hybridized carbons (Fsp3) is 0.200. The number of hydrogen-bond acceptors (Lipinski definition) is 7. The lowest BCUT2D eigenvalue weighted by Crippen LogP contribution is -1.94. The molecule has 0 radical (unpaired) electrons. The number of pyridine rings is 1. The maximum Gasteiger partial charge on any atom is 0.203 e. The average Bonchev–Trinajstić information content (AvgIpc) is 3.14. The Morgan fingerprint density at radius 1 is 1.17 bits per heavy atom. The van der Waals surface area contributed by atoms with Crippen molar-refractivity contribution in [2.24, 2.45) is 0 Å². The van der Waals surface area contributed by atoms with Crippen LogP contribution in [0.4, 0.5) is 0 Å². The summed E-state index contributed by atoms with van der Waals surface area (Å²) in [5, 5.41) is 10.5. The van der Waals surface area contributed by atoms with Crippen LogP contribution >= 0.6 is 23.3 Å². The smallest absolute Gasteiger partial charge is 0.203 e. The third-order valence-corrected chi connectivity index (χ3v) is 5.35. The van der Waals surface area contributed by atoms with Gasteiger partial charge in [0.25, 0.3) is 0 Å². The molecule has 0 fully saturated rings. The van der Waals surface area contributed by atoms with Gasteiger partial charge in [0.1, 0.15) is 11.6 Å². The molecular formula is C15H13N5OS2. The van der Waals surface area contributed by atoms with Gasteiger partial charge in [0.2, 0.25) is 5.16 Å². The van der Waals surface area contributed by atoms with Crippen LogP contribution in [0, 0.1) is 13.8 Å². The number of benzene rings is 1. The monoisotopic (exact) mass is 343 g/mol. The zero-order valence-corrected chi connectivity index (χ0v) is 14.4. The number of ether oxygens (including phenoxy) is 1. The van der Waals surface area contributed by atoms with E-state index >= 15 is 0 Å². The van der Waals surface area contributed by atoms with Crippen LogP contribution in [0.25, 0.3) is 16.6 Å². The predicted octanol–water partition coefficient (Wildman–Crippen LogP) is 3.51. The molecule has 3 aromatic heterocycles. The number of aryl methyl sites for hydroxylation is 2. The molecule has 116 valence electrons. The van der Waals surface area contributed by atoms with Gasteiger partial charge < -0.3 is 4.74 Å². The molecule has 0 unspecified atom stereocenters. The third kappa shape index (κ3) is 2.43. The van der Waals surface area contributed by atoms with Crippen molar-refractivity contribution in [3.63, 3.8) is 0 Å². The Morgan fingerprint density at radius 2 is 2.04 bits per heavy atom. The van der Waals surface area contributed by atoms with Crippen molar-refractivity contribution in [1.82, 2.24) is 24.0 Å². The third-order valence-electron chi connectivity index (χ3n) is 3.56. The van der Waals surface area contributed by atoms with Crippen molar-refractivity contribution < 1.29 is 4.74 Å². The summed E-state index contributed by atoms with van der Waals surface area (Å²) in [5.41, 5.74) is 2.99. The molecule has 0 saturated carbocycles. The van der Waals surface area contributed by atoms with Crippen molar-refractivity contribution in [1.29, 1.82) is 0 Å². The first kappa shape index (κ1) is 14.4. The zero-order chi connectivity index (χ0) is 16.0. The van der Waals surface area contributed by atoms with E-state index in [0.717, 1.165) is 43.2 Å². The van der Waals surface area contributed by atoms with Crippen LogP contribution in [0.3, 0.4) is 0 Å².